The Morgan fingerprint density at radius 1 is 1.18 bits per heavy atom. The van der Waals surface area contributed by atoms with E-state index >= 15 is 0 Å². The van der Waals surface area contributed by atoms with Crippen molar-refractivity contribution in [1.82, 2.24) is 5.43 Å². The molecule has 2 aromatic carbocycles. The first-order chi connectivity index (χ1) is 10.4. The number of nitrogens with two attached hydrogens (primary N) is 1. The second-order valence-electron chi connectivity index (χ2n) is 4.55. The van der Waals surface area contributed by atoms with Crippen molar-refractivity contribution in [3.05, 3.63) is 63.1 Å². The molecule has 0 saturated carbocycles. The summed E-state index contributed by atoms with van der Waals surface area (Å²) < 4.78 is 0.803. The Morgan fingerprint density at radius 3 is 2.36 bits per heavy atom. The van der Waals surface area contributed by atoms with Crippen LogP contribution in [0, 0.1) is 6.92 Å². The summed E-state index contributed by atoms with van der Waals surface area (Å²) in [5.74, 6) is -0.450. The zero-order chi connectivity index (χ0) is 16.3. The molecule has 0 saturated heterocycles. The number of hydrogen-bond acceptors (Lipinski definition) is 2. The van der Waals surface area contributed by atoms with Crippen molar-refractivity contribution in [2.24, 2.45) is 5.73 Å². The normalized spacial score (nSPS) is 10.1. The lowest BCUT2D eigenvalue weighted by Gasteiger charge is -2.21. The smallest absolute Gasteiger partial charge is 0.338 e. The van der Waals surface area contributed by atoms with Gasteiger partial charge in [0.1, 0.15) is 0 Å². The summed E-state index contributed by atoms with van der Waals surface area (Å²) >= 11 is 9.17. The number of anilines is 1. The molecule has 114 valence electrons. The number of amides is 3. The molecule has 0 fully saturated rings. The maximum absolute atomic E-state index is 12.3. The second kappa shape index (κ2) is 6.81. The molecular weight excluding hydrogens is 370 g/mol. The van der Waals surface area contributed by atoms with Gasteiger partial charge in [0.05, 0.1) is 5.69 Å². The standard InChI is InChI=1S/C15H13BrClN3O2/c1-9-2-3-10(8-13(9)16)14(21)19-20(15(18)22)12-6-4-11(17)5-7-12/h2-8H,1H3,(H2,18,22)(H,19,21). The van der Waals surface area contributed by atoms with Crippen LogP contribution < -0.4 is 16.2 Å². The number of benzene rings is 2. The number of halogens is 2. The van der Waals surface area contributed by atoms with Gasteiger partial charge in [-0.25, -0.2) is 9.80 Å². The highest BCUT2D eigenvalue weighted by atomic mass is 79.9. The molecule has 2 aromatic rings. The third kappa shape index (κ3) is 3.78. The lowest BCUT2D eigenvalue weighted by Crippen LogP contribution is -2.49. The van der Waals surface area contributed by atoms with E-state index in [4.69, 9.17) is 17.3 Å². The van der Waals surface area contributed by atoms with Gasteiger partial charge in [0.25, 0.3) is 5.91 Å². The minimum atomic E-state index is -0.804. The molecule has 3 N–H and O–H groups in total. The molecule has 0 atom stereocenters. The first-order valence-electron chi connectivity index (χ1n) is 6.31. The average Bonchev–Trinajstić information content (AvgIpc) is 2.48. The van der Waals surface area contributed by atoms with Crippen LogP contribution >= 0.6 is 27.5 Å². The summed E-state index contributed by atoms with van der Waals surface area (Å²) in [5.41, 5.74) is 9.60. The van der Waals surface area contributed by atoms with Gasteiger partial charge in [-0.2, -0.15) is 0 Å². The minimum Gasteiger partial charge on any atom is -0.350 e. The minimum absolute atomic E-state index is 0.401. The molecule has 0 spiro atoms. The average molecular weight is 383 g/mol. The van der Waals surface area contributed by atoms with Crippen LogP contribution in [-0.2, 0) is 0 Å². The molecule has 0 heterocycles. The van der Waals surface area contributed by atoms with E-state index in [9.17, 15) is 9.59 Å². The molecule has 0 aliphatic rings. The molecule has 7 heteroatoms. The number of nitrogens with one attached hydrogen (secondary N) is 1. The van der Waals surface area contributed by atoms with Gasteiger partial charge in [-0.3, -0.25) is 10.2 Å². The van der Waals surface area contributed by atoms with Crippen LogP contribution in [-0.4, -0.2) is 11.9 Å². The van der Waals surface area contributed by atoms with Gasteiger partial charge in [-0.15, -0.1) is 0 Å². The lowest BCUT2D eigenvalue weighted by molar-refractivity contribution is 0.0950. The van der Waals surface area contributed by atoms with Crippen molar-refractivity contribution in [1.29, 1.82) is 0 Å². The largest absolute Gasteiger partial charge is 0.350 e. The predicted molar refractivity (Wildman–Crippen MR) is 89.9 cm³/mol. The number of urea groups is 1. The van der Waals surface area contributed by atoms with Crippen LogP contribution in [0.25, 0.3) is 0 Å². The molecule has 0 aliphatic heterocycles. The number of carbonyl (C=O) groups excluding carboxylic acids is 2. The Bertz CT molecular complexity index is 719. The third-order valence-electron chi connectivity index (χ3n) is 2.95. The van der Waals surface area contributed by atoms with Crippen molar-refractivity contribution >= 4 is 45.2 Å². The summed E-state index contributed by atoms with van der Waals surface area (Å²) in [6.07, 6.45) is 0. The Hall–Kier alpha value is -2.05. The van der Waals surface area contributed by atoms with Gasteiger partial charge in [-0.1, -0.05) is 33.6 Å². The number of rotatable bonds is 2. The summed E-state index contributed by atoms with van der Waals surface area (Å²) in [5, 5.41) is 1.48. The Labute approximate surface area is 141 Å². The van der Waals surface area contributed by atoms with Crippen molar-refractivity contribution in [2.75, 3.05) is 5.01 Å². The van der Waals surface area contributed by atoms with Crippen molar-refractivity contribution in [2.45, 2.75) is 6.92 Å². The van der Waals surface area contributed by atoms with Crippen LogP contribution in [0.2, 0.25) is 5.02 Å². The lowest BCUT2D eigenvalue weighted by atomic mass is 10.1. The molecule has 3 amide bonds. The molecule has 22 heavy (non-hydrogen) atoms. The van der Waals surface area contributed by atoms with Gasteiger partial charge >= 0.3 is 6.03 Å². The predicted octanol–water partition coefficient (Wildman–Crippen LogP) is 3.64. The van der Waals surface area contributed by atoms with Crippen LogP contribution in [0.5, 0.6) is 0 Å². The van der Waals surface area contributed by atoms with Gasteiger partial charge in [-0.05, 0) is 48.9 Å². The maximum atomic E-state index is 12.3. The molecule has 0 aliphatic carbocycles. The number of carbonyl (C=O) groups is 2. The number of aryl methyl sites for hydroxylation is 1. The quantitative estimate of drug-likeness (QED) is 0.778. The van der Waals surface area contributed by atoms with Crippen LogP contribution in [0.3, 0.4) is 0 Å². The van der Waals surface area contributed by atoms with Gasteiger partial charge < -0.3 is 5.73 Å². The van der Waals surface area contributed by atoms with E-state index in [-0.39, 0.29) is 0 Å². The summed E-state index contributed by atoms with van der Waals surface area (Å²) in [4.78, 5) is 23.8. The van der Waals surface area contributed by atoms with Crippen LogP contribution in [0.1, 0.15) is 15.9 Å². The zero-order valence-corrected chi connectivity index (χ0v) is 14.0. The molecule has 0 unspecified atom stereocenters. The van der Waals surface area contributed by atoms with Gasteiger partial charge in [0.15, 0.2) is 0 Å². The van der Waals surface area contributed by atoms with Crippen molar-refractivity contribution < 1.29 is 9.59 Å². The molecular formula is C15H13BrClN3O2. The topological polar surface area (TPSA) is 75.4 Å². The Kier molecular flexibility index (Phi) is 5.05. The van der Waals surface area contributed by atoms with Crippen molar-refractivity contribution in [3.63, 3.8) is 0 Å². The monoisotopic (exact) mass is 381 g/mol. The fourth-order valence-electron chi connectivity index (χ4n) is 1.74. The maximum Gasteiger partial charge on any atom is 0.338 e. The molecule has 0 radical (unpaired) electrons. The molecule has 0 bridgehead atoms. The fraction of sp³-hybridized carbons (Fsp3) is 0.0667. The fourth-order valence-corrected chi connectivity index (χ4v) is 2.24. The zero-order valence-electron chi connectivity index (χ0n) is 11.6. The van der Waals surface area contributed by atoms with Crippen LogP contribution in [0.4, 0.5) is 10.5 Å². The van der Waals surface area contributed by atoms with Crippen LogP contribution in [0.15, 0.2) is 46.9 Å². The summed E-state index contributed by atoms with van der Waals surface area (Å²) in [6, 6.07) is 10.7. The van der Waals surface area contributed by atoms with E-state index in [2.05, 4.69) is 21.4 Å². The van der Waals surface area contributed by atoms with E-state index in [1.54, 1.807) is 42.5 Å². The Morgan fingerprint density at radius 2 is 1.82 bits per heavy atom. The van der Waals surface area contributed by atoms with E-state index in [0.29, 0.717) is 16.3 Å². The molecule has 2 rings (SSSR count). The van der Waals surface area contributed by atoms with Gasteiger partial charge in [0.2, 0.25) is 0 Å². The number of hydrogen-bond donors (Lipinski definition) is 2. The highest BCUT2D eigenvalue weighted by Gasteiger charge is 2.17. The van der Waals surface area contributed by atoms with Crippen molar-refractivity contribution in [3.8, 4) is 0 Å². The molecule has 0 aromatic heterocycles. The van der Waals surface area contributed by atoms with E-state index in [1.807, 2.05) is 6.92 Å². The SMILES string of the molecule is Cc1ccc(C(=O)NN(C(N)=O)c2ccc(Cl)cc2)cc1Br. The Balaban J connectivity index is 2.24. The third-order valence-corrected chi connectivity index (χ3v) is 4.06. The van der Waals surface area contributed by atoms with E-state index in [1.165, 1.54) is 0 Å². The second-order valence-corrected chi connectivity index (χ2v) is 5.85. The summed E-state index contributed by atoms with van der Waals surface area (Å²) in [7, 11) is 0. The van der Waals surface area contributed by atoms with E-state index < -0.39 is 11.9 Å². The number of primary amides is 1. The highest BCUT2D eigenvalue weighted by molar-refractivity contribution is 9.10. The van der Waals surface area contributed by atoms with E-state index in [0.717, 1.165) is 15.0 Å². The summed E-state index contributed by atoms with van der Waals surface area (Å²) in [6.45, 7) is 1.91. The number of nitrogens with zero attached hydrogens (tertiary/aromatic N) is 1. The highest BCUT2D eigenvalue weighted by Crippen LogP contribution is 2.19. The first-order valence-corrected chi connectivity index (χ1v) is 7.48. The molecule has 5 nitrogen and oxygen atoms in total. The van der Waals surface area contributed by atoms with Gasteiger partial charge in [0, 0.05) is 15.1 Å². The first kappa shape index (κ1) is 16.3. The number of hydrazine groups is 1.